The molecule has 0 saturated carbocycles. The van der Waals surface area contributed by atoms with E-state index in [0.29, 0.717) is 0 Å². The molecule has 0 fully saturated rings. The highest BCUT2D eigenvalue weighted by Crippen LogP contribution is 2.19. The first-order valence-electron chi connectivity index (χ1n) is 6.83. The van der Waals surface area contributed by atoms with Crippen molar-refractivity contribution in [1.82, 2.24) is 0 Å². The fourth-order valence-corrected chi connectivity index (χ4v) is 2.87. The van der Waals surface area contributed by atoms with Crippen molar-refractivity contribution in [3.05, 3.63) is 59.9 Å². The van der Waals surface area contributed by atoms with E-state index < -0.39 is 28.3 Å². The Kier molecular flexibility index (Phi) is 5.16. The lowest BCUT2D eigenvalue weighted by Crippen LogP contribution is -2.37. The minimum absolute atomic E-state index is 0.169. The lowest BCUT2D eigenvalue weighted by Gasteiger charge is -2.22. The highest BCUT2D eigenvalue weighted by Gasteiger charge is 2.21. The van der Waals surface area contributed by atoms with Crippen LogP contribution in [0.3, 0.4) is 0 Å². The zero-order chi connectivity index (χ0) is 17.7. The van der Waals surface area contributed by atoms with Gasteiger partial charge in [-0.1, -0.05) is 12.1 Å². The van der Waals surface area contributed by atoms with Crippen molar-refractivity contribution in [2.24, 2.45) is 0 Å². The number of nitriles is 1. The van der Waals surface area contributed by atoms with Gasteiger partial charge in [-0.3, -0.25) is 9.10 Å². The molecule has 6 nitrogen and oxygen atoms in total. The van der Waals surface area contributed by atoms with Crippen LogP contribution in [0.1, 0.15) is 5.56 Å². The van der Waals surface area contributed by atoms with Crippen LogP contribution in [0.5, 0.6) is 0 Å². The van der Waals surface area contributed by atoms with Crippen molar-refractivity contribution in [2.45, 2.75) is 0 Å². The molecule has 0 aliphatic rings. The van der Waals surface area contributed by atoms with Crippen molar-refractivity contribution in [2.75, 3.05) is 22.4 Å². The summed E-state index contributed by atoms with van der Waals surface area (Å²) in [5.41, 5.74) is 0.721. The lowest BCUT2D eigenvalue weighted by atomic mass is 10.2. The number of para-hydroxylation sites is 1. The van der Waals surface area contributed by atoms with Gasteiger partial charge in [-0.25, -0.2) is 12.8 Å². The molecule has 0 aromatic heterocycles. The van der Waals surface area contributed by atoms with E-state index in [2.05, 4.69) is 5.32 Å². The second-order valence-corrected chi connectivity index (χ2v) is 6.86. The Labute approximate surface area is 139 Å². The number of sulfonamides is 1. The van der Waals surface area contributed by atoms with Gasteiger partial charge in [0.15, 0.2) is 0 Å². The molecule has 124 valence electrons. The molecule has 0 heterocycles. The maximum Gasteiger partial charge on any atom is 0.245 e. The molecule has 0 bridgehead atoms. The summed E-state index contributed by atoms with van der Waals surface area (Å²) < 4.78 is 37.7. The Morgan fingerprint density at radius 1 is 1.21 bits per heavy atom. The Bertz CT molecular complexity index is 890. The van der Waals surface area contributed by atoms with Crippen molar-refractivity contribution < 1.29 is 17.6 Å². The monoisotopic (exact) mass is 347 g/mol. The summed E-state index contributed by atoms with van der Waals surface area (Å²) in [6, 6.07) is 13.1. The van der Waals surface area contributed by atoms with Crippen molar-refractivity contribution in [3.8, 4) is 6.07 Å². The molecular formula is C16H14FN3O3S. The Morgan fingerprint density at radius 2 is 1.83 bits per heavy atom. The number of carbonyl (C=O) groups is 1. The predicted octanol–water partition coefficient (Wildman–Crippen LogP) is 2.10. The average Bonchev–Trinajstić information content (AvgIpc) is 2.53. The Hall–Kier alpha value is -2.92. The first kappa shape index (κ1) is 17.4. The van der Waals surface area contributed by atoms with E-state index in [9.17, 15) is 17.6 Å². The molecule has 24 heavy (non-hydrogen) atoms. The molecule has 0 radical (unpaired) electrons. The lowest BCUT2D eigenvalue weighted by molar-refractivity contribution is -0.114. The summed E-state index contributed by atoms with van der Waals surface area (Å²) in [5.74, 6) is -1.13. The van der Waals surface area contributed by atoms with Gasteiger partial charge in [-0.05, 0) is 36.4 Å². The SMILES string of the molecule is CS(=O)(=O)N(CC(=O)Nc1ccccc1C#N)c1ccc(F)cc1. The largest absolute Gasteiger partial charge is 0.323 e. The van der Waals surface area contributed by atoms with Gasteiger partial charge in [0.25, 0.3) is 0 Å². The van der Waals surface area contributed by atoms with E-state index in [1.807, 2.05) is 6.07 Å². The quantitative estimate of drug-likeness (QED) is 0.897. The van der Waals surface area contributed by atoms with Crippen molar-refractivity contribution in [1.29, 1.82) is 5.26 Å². The van der Waals surface area contributed by atoms with E-state index >= 15 is 0 Å². The van der Waals surface area contributed by atoms with Gasteiger partial charge in [0.2, 0.25) is 15.9 Å². The Balaban J connectivity index is 2.23. The molecule has 1 amide bonds. The van der Waals surface area contributed by atoms with E-state index in [1.54, 1.807) is 18.2 Å². The normalized spacial score (nSPS) is 10.7. The second kappa shape index (κ2) is 7.10. The van der Waals surface area contributed by atoms with Crippen LogP contribution in [0.25, 0.3) is 0 Å². The maximum atomic E-state index is 13.0. The zero-order valence-corrected chi connectivity index (χ0v) is 13.5. The van der Waals surface area contributed by atoms with Gasteiger partial charge in [0.05, 0.1) is 23.2 Å². The molecular weight excluding hydrogens is 333 g/mol. The van der Waals surface area contributed by atoms with Crippen LogP contribution in [0, 0.1) is 17.1 Å². The van der Waals surface area contributed by atoms with Crippen LogP contribution in [0.2, 0.25) is 0 Å². The van der Waals surface area contributed by atoms with Crippen molar-refractivity contribution >= 4 is 27.3 Å². The summed E-state index contributed by atoms with van der Waals surface area (Å²) >= 11 is 0. The number of anilines is 2. The molecule has 0 atom stereocenters. The number of nitrogens with zero attached hydrogens (tertiary/aromatic N) is 2. The van der Waals surface area contributed by atoms with Gasteiger partial charge < -0.3 is 5.32 Å². The molecule has 2 rings (SSSR count). The fraction of sp³-hybridized carbons (Fsp3) is 0.125. The summed E-state index contributed by atoms with van der Waals surface area (Å²) in [6.45, 7) is -0.496. The zero-order valence-electron chi connectivity index (χ0n) is 12.7. The standard InChI is InChI=1S/C16H14FN3O3S/c1-24(22,23)20(14-8-6-13(17)7-9-14)11-16(21)19-15-5-3-2-4-12(15)10-18/h2-9H,11H2,1H3,(H,19,21). The number of halogens is 1. The number of hydrogen-bond donors (Lipinski definition) is 1. The molecule has 0 spiro atoms. The topological polar surface area (TPSA) is 90.3 Å². The molecule has 0 aliphatic heterocycles. The summed E-state index contributed by atoms with van der Waals surface area (Å²) in [7, 11) is -3.75. The number of amides is 1. The Morgan fingerprint density at radius 3 is 2.42 bits per heavy atom. The van der Waals surface area contributed by atoms with Gasteiger partial charge in [0.1, 0.15) is 18.4 Å². The first-order valence-corrected chi connectivity index (χ1v) is 8.68. The third kappa shape index (κ3) is 4.30. The van der Waals surface area contributed by atoms with Crippen LogP contribution < -0.4 is 9.62 Å². The molecule has 8 heteroatoms. The number of hydrogen-bond acceptors (Lipinski definition) is 4. The smallest absolute Gasteiger partial charge is 0.245 e. The van der Waals surface area contributed by atoms with E-state index in [4.69, 9.17) is 5.26 Å². The van der Waals surface area contributed by atoms with E-state index in [-0.39, 0.29) is 16.9 Å². The second-order valence-electron chi connectivity index (χ2n) is 4.95. The van der Waals surface area contributed by atoms with E-state index in [1.165, 1.54) is 18.2 Å². The van der Waals surface area contributed by atoms with E-state index in [0.717, 1.165) is 22.7 Å². The van der Waals surface area contributed by atoms with Gasteiger partial charge in [0, 0.05) is 0 Å². The van der Waals surface area contributed by atoms with Crippen molar-refractivity contribution in [3.63, 3.8) is 0 Å². The predicted molar refractivity (Wildman–Crippen MR) is 88.4 cm³/mol. The fourth-order valence-electron chi connectivity index (χ4n) is 2.02. The minimum Gasteiger partial charge on any atom is -0.323 e. The van der Waals surface area contributed by atoms with Crippen LogP contribution in [0.4, 0.5) is 15.8 Å². The van der Waals surface area contributed by atoms with Crippen LogP contribution in [-0.4, -0.2) is 27.1 Å². The maximum absolute atomic E-state index is 13.0. The summed E-state index contributed by atoms with van der Waals surface area (Å²) in [5, 5.41) is 11.5. The molecule has 0 saturated heterocycles. The molecule has 0 unspecified atom stereocenters. The average molecular weight is 347 g/mol. The molecule has 2 aromatic carbocycles. The van der Waals surface area contributed by atoms with Crippen LogP contribution in [-0.2, 0) is 14.8 Å². The summed E-state index contributed by atoms with van der Waals surface area (Å²) in [4.78, 5) is 12.2. The number of rotatable bonds is 5. The molecule has 2 aromatic rings. The molecule has 0 aliphatic carbocycles. The third-order valence-corrected chi connectivity index (χ3v) is 4.26. The van der Waals surface area contributed by atoms with Gasteiger partial charge in [-0.2, -0.15) is 5.26 Å². The first-order chi connectivity index (χ1) is 11.3. The van der Waals surface area contributed by atoms with Crippen LogP contribution in [0.15, 0.2) is 48.5 Å². The number of nitrogens with one attached hydrogen (secondary N) is 1. The highest BCUT2D eigenvalue weighted by atomic mass is 32.2. The minimum atomic E-state index is -3.75. The summed E-state index contributed by atoms with van der Waals surface area (Å²) in [6.07, 6.45) is 0.951. The number of carbonyl (C=O) groups excluding carboxylic acids is 1. The third-order valence-electron chi connectivity index (χ3n) is 3.12. The van der Waals surface area contributed by atoms with Gasteiger partial charge in [-0.15, -0.1) is 0 Å². The van der Waals surface area contributed by atoms with Crippen LogP contribution >= 0.6 is 0 Å². The molecule has 1 N–H and O–H groups in total. The van der Waals surface area contributed by atoms with Gasteiger partial charge >= 0.3 is 0 Å². The number of benzene rings is 2. The highest BCUT2D eigenvalue weighted by molar-refractivity contribution is 7.92.